The third-order valence-corrected chi connectivity index (χ3v) is 4.47. The van der Waals surface area contributed by atoms with E-state index in [0.717, 1.165) is 23.3 Å². The Morgan fingerprint density at radius 1 is 1.25 bits per heavy atom. The minimum atomic E-state index is 0.517. The highest BCUT2D eigenvalue weighted by molar-refractivity contribution is 9.10. The highest BCUT2D eigenvalue weighted by atomic mass is 79.9. The van der Waals surface area contributed by atoms with E-state index < -0.39 is 0 Å². The lowest BCUT2D eigenvalue weighted by Gasteiger charge is -2.25. The molecule has 0 fully saturated rings. The van der Waals surface area contributed by atoms with Crippen molar-refractivity contribution < 1.29 is 4.74 Å². The molecular weight excluding hydrogens is 334 g/mol. The van der Waals surface area contributed by atoms with Crippen LogP contribution in [-0.4, -0.2) is 24.1 Å². The topological polar surface area (TPSA) is 12.5 Å². The van der Waals surface area contributed by atoms with Crippen molar-refractivity contribution in [2.75, 3.05) is 13.2 Å². The molecule has 2 aromatic rings. The summed E-state index contributed by atoms with van der Waals surface area (Å²) in [5.41, 5.74) is 0. The second-order valence-corrected chi connectivity index (χ2v) is 6.90. The Labute approximate surface area is 133 Å². The van der Waals surface area contributed by atoms with Crippen LogP contribution in [0, 0.1) is 0 Å². The number of halogens is 1. The molecule has 0 amide bonds. The van der Waals surface area contributed by atoms with E-state index in [1.54, 1.807) is 0 Å². The van der Waals surface area contributed by atoms with Gasteiger partial charge in [0.2, 0.25) is 0 Å². The molecule has 2 nitrogen and oxygen atoms in total. The quantitative estimate of drug-likeness (QED) is 0.708. The fraction of sp³-hybridized carbons (Fsp3) is 0.375. The fourth-order valence-electron chi connectivity index (χ4n) is 1.96. The molecule has 108 valence electrons. The van der Waals surface area contributed by atoms with Crippen LogP contribution in [-0.2, 0) is 6.54 Å². The molecule has 0 spiro atoms. The standard InChI is InChI=1S/C16H20BrNOS/c1-13(2)18(12-16-7-4-10-20-16)8-9-19-15-6-3-5-14(17)11-15/h3-7,10-11,13H,8-9,12H2,1-2H3. The SMILES string of the molecule is CC(C)N(CCOc1cccc(Br)c1)Cc1cccs1. The van der Waals surface area contributed by atoms with Gasteiger partial charge in [0, 0.05) is 28.5 Å². The van der Waals surface area contributed by atoms with Gasteiger partial charge in [0.25, 0.3) is 0 Å². The average molecular weight is 354 g/mol. The largest absolute Gasteiger partial charge is 0.492 e. The van der Waals surface area contributed by atoms with Gasteiger partial charge in [-0.25, -0.2) is 0 Å². The van der Waals surface area contributed by atoms with E-state index in [0.29, 0.717) is 12.6 Å². The maximum atomic E-state index is 5.82. The van der Waals surface area contributed by atoms with Crippen LogP contribution in [0.4, 0.5) is 0 Å². The van der Waals surface area contributed by atoms with Crippen molar-refractivity contribution in [2.45, 2.75) is 26.4 Å². The van der Waals surface area contributed by atoms with E-state index in [2.05, 4.69) is 52.2 Å². The molecule has 1 aromatic heterocycles. The van der Waals surface area contributed by atoms with Crippen LogP contribution in [0.3, 0.4) is 0 Å². The number of ether oxygens (including phenoxy) is 1. The predicted molar refractivity (Wildman–Crippen MR) is 89.5 cm³/mol. The molecule has 0 atom stereocenters. The predicted octanol–water partition coefficient (Wildman–Crippen LogP) is 4.80. The number of nitrogens with zero attached hydrogens (tertiary/aromatic N) is 1. The highest BCUT2D eigenvalue weighted by Crippen LogP contribution is 2.18. The monoisotopic (exact) mass is 353 g/mol. The van der Waals surface area contributed by atoms with Crippen LogP contribution in [0.25, 0.3) is 0 Å². The van der Waals surface area contributed by atoms with E-state index in [1.165, 1.54) is 4.88 Å². The molecule has 0 saturated heterocycles. The van der Waals surface area contributed by atoms with Crippen molar-refractivity contribution in [3.8, 4) is 5.75 Å². The first kappa shape index (κ1) is 15.5. The molecule has 0 aliphatic rings. The summed E-state index contributed by atoms with van der Waals surface area (Å²) in [6, 6.07) is 12.8. The number of hydrogen-bond acceptors (Lipinski definition) is 3. The third-order valence-electron chi connectivity index (χ3n) is 3.11. The van der Waals surface area contributed by atoms with E-state index in [1.807, 2.05) is 35.6 Å². The molecule has 20 heavy (non-hydrogen) atoms. The molecule has 0 aliphatic carbocycles. The molecule has 0 radical (unpaired) electrons. The first-order chi connectivity index (χ1) is 9.65. The summed E-state index contributed by atoms with van der Waals surface area (Å²) in [5.74, 6) is 0.916. The van der Waals surface area contributed by atoms with Gasteiger partial charge >= 0.3 is 0 Å². The van der Waals surface area contributed by atoms with Crippen molar-refractivity contribution in [1.29, 1.82) is 0 Å². The zero-order chi connectivity index (χ0) is 14.4. The lowest BCUT2D eigenvalue weighted by Crippen LogP contribution is -2.33. The lowest BCUT2D eigenvalue weighted by molar-refractivity contribution is 0.170. The summed E-state index contributed by atoms with van der Waals surface area (Å²) in [6.45, 7) is 7.10. The van der Waals surface area contributed by atoms with E-state index >= 15 is 0 Å². The third kappa shape index (κ3) is 4.93. The Balaban J connectivity index is 1.83. The lowest BCUT2D eigenvalue weighted by atomic mass is 10.3. The van der Waals surface area contributed by atoms with Crippen LogP contribution >= 0.6 is 27.3 Å². The van der Waals surface area contributed by atoms with Crippen molar-refractivity contribution in [3.05, 3.63) is 51.1 Å². The Bertz CT molecular complexity index is 513. The number of thiophene rings is 1. The molecule has 0 aliphatic heterocycles. The van der Waals surface area contributed by atoms with Crippen LogP contribution in [0.5, 0.6) is 5.75 Å². The summed E-state index contributed by atoms with van der Waals surface area (Å²) in [7, 11) is 0. The van der Waals surface area contributed by atoms with Gasteiger partial charge in [-0.1, -0.05) is 28.1 Å². The molecule has 1 aromatic carbocycles. The summed E-state index contributed by atoms with van der Waals surface area (Å²) in [5, 5.41) is 2.13. The van der Waals surface area contributed by atoms with Gasteiger partial charge in [-0.15, -0.1) is 11.3 Å². The van der Waals surface area contributed by atoms with Crippen molar-refractivity contribution in [3.63, 3.8) is 0 Å². The Morgan fingerprint density at radius 3 is 2.75 bits per heavy atom. The number of rotatable bonds is 7. The van der Waals surface area contributed by atoms with Crippen LogP contribution in [0.15, 0.2) is 46.3 Å². The summed E-state index contributed by atoms with van der Waals surface area (Å²) in [6.07, 6.45) is 0. The summed E-state index contributed by atoms with van der Waals surface area (Å²) >= 11 is 5.27. The smallest absolute Gasteiger partial charge is 0.120 e. The minimum Gasteiger partial charge on any atom is -0.492 e. The molecule has 0 bridgehead atoms. The second kappa shape index (κ2) is 7.81. The molecule has 0 N–H and O–H groups in total. The maximum Gasteiger partial charge on any atom is 0.120 e. The Morgan fingerprint density at radius 2 is 2.10 bits per heavy atom. The average Bonchev–Trinajstić information content (AvgIpc) is 2.90. The zero-order valence-corrected chi connectivity index (χ0v) is 14.3. The molecular formula is C16H20BrNOS. The van der Waals surface area contributed by atoms with Crippen molar-refractivity contribution in [2.24, 2.45) is 0 Å². The summed E-state index contributed by atoms with van der Waals surface area (Å²) in [4.78, 5) is 3.84. The molecule has 1 heterocycles. The Kier molecular flexibility index (Phi) is 6.07. The summed E-state index contributed by atoms with van der Waals surface area (Å²) < 4.78 is 6.87. The molecule has 2 rings (SSSR count). The van der Waals surface area contributed by atoms with E-state index in [4.69, 9.17) is 4.74 Å². The van der Waals surface area contributed by atoms with Crippen LogP contribution in [0.2, 0.25) is 0 Å². The minimum absolute atomic E-state index is 0.517. The van der Waals surface area contributed by atoms with Gasteiger partial charge in [0.05, 0.1) is 0 Å². The number of hydrogen-bond donors (Lipinski definition) is 0. The normalized spacial score (nSPS) is 11.2. The molecule has 4 heteroatoms. The van der Waals surface area contributed by atoms with Gasteiger partial charge in [-0.3, -0.25) is 4.90 Å². The first-order valence-corrected chi connectivity index (χ1v) is 8.47. The molecule has 0 unspecified atom stereocenters. The first-order valence-electron chi connectivity index (χ1n) is 6.80. The van der Waals surface area contributed by atoms with Gasteiger partial charge in [0.15, 0.2) is 0 Å². The van der Waals surface area contributed by atoms with E-state index in [-0.39, 0.29) is 0 Å². The number of benzene rings is 1. The second-order valence-electron chi connectivity index (χ2n) is 4.95. The molecule has 0 saturated carbocycles. The van der Waals surface area contributed by atoms with Crippen molar-refractivity contribution in [1.82, 2.24) is 4.90 Å². The van der Waals surface area contributed by atoms with Crippen LogP contribution < -0.4 is 4.74 Å². The van der Waals surface area contributed by atoms with Crippen molar-refractivity contribution >= 4 is 27.3 Å². The highest BCUT2D eigenvalue weighted by Gasteiger charge is 2.10. The fourth-order valence-corrected chi connectivity index (χ4v) is 3.07. The van der Waals surface area contributed by atoms with E-state index in [9.17, 15) is 0 Å². The zero-order valence-electron chi connectivity index (χ0n) is 11.9. The van der Waals surface area contributed by atoms with Gasteiger partial charge in [-0.05, 0) is 43.5 Å². The van der Waals surface area contributed by atoms with Crippen LogP contribution in [0.1, 0.15) is 18.7 Å². The van der Waals surface area contributed by atoms with Gasteiger partial charge in [-0.2, -0.15) is 0 Å². The van der Waals surface area contributed by atoms with Gasteiger partial charge in [0.1, 0.15) is 12.4 Å². The Hall–Kier alpha value is -0.840. The maximum absolute atomic E-state index is 5.82. The van der Waals surface area contributed by atoms with Gasteiger partial charge < -0.3 is 4.74 Å².